The highest BCUT2D eigenvalue weighted by Crippen LogP contribution is 2.13. The zero-order chi connectivity index (χ0) is 14.5. The molecular formula is C14H17IN2O3. The standard InChI is InChI=1S/C14H17IN2O3/c15-10-5-3-9(4-6-10)8-11(13(16)18)17-14(19)12-2-1-7-20-12/h3-6,11-12H,1-2,7-8H2,(H2,16,18)(H,17,19)/t11-,12-/m1/s1. The number of rotatable bonds is 5. The number of nitrogens with two attached hydrogens (primary N) is 1. The van der Waals surface area contributed by atoms with E-state index in [9.17, 15) is 9.59 Å². The minimum absolute atomic E-state index is 0.253. The van der Waals surface area contributed by atoms with Crippen molar-refractivity contribution in [1.82, 2.24) is 5.32 Å². The molecule has 1 heterocycles. The van der Waals surface area contributed by atoms with E-state index in [0.717, 1.165) is 15.6 Å². The summed E-state index contributed by atoms with van der Waals surface area (Å²) in [6.45, 7) is 0.594. The largest absolute Gasteiger partial charge is 0.368 e. The fourth-order valence-electron chi connectivity index (χ4n) is 2.13. The van der Waals surface area contributed by atoms with Crippen LogP contribution in [0, 0.1) is 3.57 Å². The van der Waals surface area contributed by atoms with Crippen molar-refractivity contribution in [2.24, 2.45) is 5.73 Å². The van der Waals surface area contributed by atoms with Gasteiger partial charge in [-0.05, 0) is 53.1 Å². The van der Waals surface area contributed by atoms with E-state index in [1.54, 1.807) is 0 Å². The van der Waals surface area contributed by atoms with Gasteiger partial charge in [-0.1, -0.05) is 12.1 Å². The monoisotopic (exact) mass is 388 g/mol. The van der Waals surface area contributed by atoms with Crippen molar-refractivity contribution < 1.29 is 14.3 Å². The maximum Gasteiger partial charge on any atom is 0.249 e. The molecule has 2 amide bonds. The summed E-state index contributed by atoms with van der Waals surface area (Å²) in [5.74, 6) is -0.785. The minimum Gasteiger partial charge on any atom is -0.368 e. The fourth-order valence-corrected chi connectivity index (χ4v) is 2.49. The van der Waals surface area contributed by atoms with Crippen molar-refractivity contribution in [3.05, 3.63) is 33.4 Å². The van der Waals surface area contributed by atoms with Gasteiger partial charge in [0.25, 0.3) is 0 Å². The first kappa shape index (κ1) is 15.2. The lowest BCUT2D eigenvalue weighted by Crippen LogP contribution is -2.49. The van der Waals surface area contributed by atoms with E-state index in [-0.39, 0.29) is 5.91 Å². The molecule has 1 aliphatic rings. The Morgan fingerprint density at radius 3 is 2.65 bits per heavy atom. The third kappa shape index (κ3) is 4.17. The van der Waals surface area contributed by atoms with Gasteiger partial charge < -0.3 is 15.8 Å². The Morgan fingerprint density at radius 2 is 2.10 bits per heavy atom. The molecular weight excluding hydrogens is 371 g/mol. The molecule has 0 aliphatic carbocycles. The second-order valence-corrected chi connectivity index (χ2v) is 6.04. The quantitative estimate of drug-likeness (QED) is 0.739. The van der Waals surface area contributed by atoms with Crippen LogP contribution in [0.3, 0.4) is 0 Å². The zero-order valence-corrected chi connectivity index (χ0v) is 13.1. The van der Waals surface area contributed by atoms with Crippen LogP contribution in [0.2, 0.25) is 0 Å². The number of hydrogen-bond acceptors (Lipinski definition) is 3. The van der Waals surface area contributed by atoms with Gasteiger partial charge in [-0.25, -0.2) is 0 Å². The first-order chi connectivity index (χ1) is 9.56. The van der Waals surface area contributed by atoms with Crippen molar-refractivity contribution in [1.29, 1.82) is 0 Å². The first-order valence-corrected chi connectivity index (χ1v) is 7.60. The van der Waals surface area contributed by atoms with Gasteiger partial charge in [-0.15, -0.1) is 0 Å². The average molecular weight is 388 g/mol. The summed E-state index contributed by atoms with van der Waals surface area (Å²) in [4.78, 5) is 23.4. The van der Waals surface area contributed by atoms with Crippen molar-refractivity contribution in [3.8, 4) is 0 Å². The van der Waals surface area contributed by atoms with E-state index in [0.29, 0.717) is 19.4 Å². The summed E-state index contributed by atoms with van der Waals surface area (Å²) in [7, 11) is 0. The Bertz CT molecular complexity index is 484. The van der Waals surface area contributed by atoms with Gasteiger partial charge >= 0.3 is 0 Å². The molecule has 6 heteroatoms. The van der Waals surface area contributed by atoms with Crippen molar-refractivity contribution in [2.75, 3.05) is 6.61 Å². The normalized spacial score (nSPS) is 19.6. The molecule has 0 unspecified atom stereocenters. The molecule has 0 aromatic heterocycles. The van der Waals surface area contributed by atoms with E-state index in [1.165, 1.54) is 0 Å². The molecule has 2 rings (SSSR count). The highest BCUT2D eigenvalue weighted by atomic mass is 127. The highest BCUT2D eigenvalue weighted by Gasteiger charge is 2.27. The van der Waals surface area contributed by atoms with E-state index >= 15 is 0 Å². The zero-order valence-electron chi connectivity index (χ0n) is 11.0. The number of benzene rings is 1. The SMILES string of the molecule is NC(=O)[C@@H](Cc1ccc(I)cc1)NC(=O)[C@H]1CCCO1. The molecule has 0 bridgehead atoms. The van der Waals surface area contributed by atoms with E-state index in [2.05, 4.69) is 27.9 Å². The van der Waals surface area contributed by atoms with Crippen molar-refractivity contribution >= 4 is 34.4 Å². The van der Waals surface area contributed by atoms with Crippen LogP contribution in [0.25, 0.3) is 0 Å². The van der Waals surface area contributed by atoms with Crippen molar-refractivity contribution in [2.45, 2.75) is 31.4 Å². The minimum atomic E-state index is -0.702. The predicted molar refractivity (Wildman–Crippen MR) is 83.0 cm³/mol. The number of amides is 2. The third-order valence-electron chi connectivity index (χ3n) is 3.24. The lowest BCUT2D eigenvalue weighted by atomic mass is 10.1. The van der Waals surface area contributed by atoms with Crippen LogP contribution in [0.1, 0.15) is 18.4 Å². The van der Waals surface area contributed by atoms with Gasteiger partial charge in [0.05, 0.1) is 0 Å². The maximum absolute atomic E-state index is 12.0. The molecule has 0 saturated carbocycles. The van der Waals surface area contributed by atoms with E-state index in [4.69, 9.17) is 10.5 Å². The number of halogens is 1. The average Bonchev–Trinajstić information content (AvgIpc) is 2.94. The second kappa shape index (κ2) is 7.03. The molecule has 1 aromatic carbocycles. The number of carbonyl (C=O) groups is 2. The predicted octanol–water partition coefficient (Wildman–Crippen LogP) is 0.983. The van der Waals surface area contributed by atoms with Crippen LogP contribution >= 0.6 is 22.6 Å². The molecule has 1 fully saturated rings. The number of ether oxygens (including phenoxy) is 1. The third-order valence-corrected chi connectivity index (χ3v) is 3.95. The Labute approximate surface area is 131 Å². The maximum atomic E-state index is 12.0. The molecule has 3 N–H and O–H groups in total. The van der Waals surface area contributed by atoms with Gasteiger partial charge in [0.15, 0.2) is 0 Å². The van der Waals surface area contributed by atoms with Crippen LogP contribution in [0.15, 0.2) is 24.3 Å². The van der Waals surface area contributed by atoms with E-state index in [1.807, 2.05) is 24.3 Å². The molecule has 5 nitrogen and oxygen atoms in total. The first-order valence-electron chi connectivity index (χ1n) is 6.52. The molecule has 2 atom stereocenters. The molecule has 1 saturated heterocycles. The van der Waals surface area contributed by atoms with E-state index < -0.39 is 18.1 Å². The summed E-state index contributed by atoms with van der Waals surface area (Å²) >= 11 is 2.21. The van der Waals surface area contributed by atoms with Crippen LogP contribution in [0.4, 0.5) is 0 Å². The van der Waals surface area contributed by atoms with Gasteiger partial charge in [0, 0.05) is 16.6 Å². The lowest BCUT2D eigenvalue weighted by Gasteiger charge is -2.18. The fraction of sp³-hybridized carbons (Fsp3) is 0.429. The summed E-state index contributed by atoms with van der Waals surface area (Å²) in [6, 6.07) is 7.06. The van der Waals surface area contributed by atoms with Crippen LogP contribution in [0.5, 0.6) is 0 Å². The lowest BCUT2D eigenvalue weighted by molar-refractivity contribution is -0.133. The van der Waals surface area contributed by atoms with Crippen molar-refractivity contribution in [3.63, 3.8) is 0 Å². The second-order valence-electron chi connectivity index (χ2n) is 4.80. The summed E-state index contributed by atoms with van der Waals surface area (Å²) in [5, 5.41) is 2.68. The molecule has 1 aromatic rings. The molecule has 0 radical (unpaired) electrons. The Hall–Kier alpha value is -1.15. The highest BCUT2D eigenvalue weighted by molar-refractivity contribution is 14.1. The van der Waals surface area contributed by atoms with Gasteiger partial charge in [-0.2, -0.15) is 0 Å². The number of primary amides is 1. The Balaban J connectivity index is 1.98. The number of nitrogens with one attached hydrogen (secondary N) is 1. The van der Waals surface area contributed by atoms with Crippen LogP contribution in [-0.2, 0) is 20.7 Å². The summed E-state index contributed by atoms with van der Waals surface area (Å²) in [6.07, 6.45) is 1.51. The van der Waals surface area contributed by atoms with Crippen LogP contribution in [-0.4, -0.2) is 30.6 Å². The summed E-state index contributed by atoms with van der Waals surface area (Å²) < 4.78 is 6.41. The Kier molecular flexibility index (Phi) is 5.36. The van der Waals surface area contributed by atoms with Crippen LogP contribution < -0.4 is 11.1 Å². The van der Waals surface area contributed by atoms with Gasteiger partial charge in [-0.3, -0.25) is 9.59 Å². The molecule has 1 aliphatic heterocycles. The smallest absolute Gasteiger partial charge is 0.249 e. The van der Waals surface area contributed by atoms with Gasteiger partial charge in [0.2, 0.25) is 11.8 Å². The topological polar surface area (TPSA) is 81.4 Å². The van der Waals surface area contributed by atoms with Gasteiger partial charge in [0.1, 0.15) is 12.1 Å². The molecule has 20 heavy (non-hydrogen) atoms. The number of hydrogen-bond donors (Lipinski definition) is 2. The number of carbonyl (C=O) groups excluding carboxylic acids is 2. The molecule has 0 spiro atoms. The Morgan fingerprint density at radius 1 is 1.40 bits per heavy atom. The molecule has 108 valence electrons. The summed E-state index contributed by atoms with van der Waals surface area (Å²) in [5.41, 5.74) is 6.33.